The molecule has 33 heavy (non-hydrogen) atoms. The predicted octanol–water partition coefficient (Wildman–Crippen LogP) is 2.32. The second kappa shape index (κ2) is 10.9. The Morgan fingerprint density at radius 3 is 2.39 bits per heavy atom. The second-order valence-corrected chi connectivity index (χ2v) is 8.08. The Morgan fingerprint density at radius 2 is 1.79 bits per heavy atom. The van der Waals surface area contributed by atoms with Crippen LogP contribution < -0.4 is 10.1 Å². The van der Waals surface area contributed by atoms with Crippen molar-refractivity contribution >= 4 is 17.8 Å². The third-order valence-corrected chi connectivity index (χ3v) is 5.63. The molecule has 1 amide bonds. The topological polar surface area (TPSA) is 116 Å². The molecule has 0 spiro atoms. The number of rotatable bonds is 10. The van der Waals surface area contributed by atoms with E-state index in [2.05, 4.69) is 5.32 Å². The predicted molar refractivity (Wildman–Crippen MR) is 117 cm³/mol. The Hall–Kier alpha value is -3.46. The van der Waals surface area contributed by atoms with Gasteiger partial charge < -0.3 is 19.8 Å². The number of ether oxygens (including phenoxy) is 1. The first-order chi connectivity index (χ1) is 15.7. The summed E-state index contributed by atoms with van der Waals surface area (Å²) in [7, 11) is 0. The number of amides is 1. The number of nitrogens with one attached hydrogen (secondary N) is 1. The number of benzene rings is 2. The second-order valence-electron chi connectivity index (χ2n) is 8.08. The smallest absolute Gasteiger partial charge is 0.326 e. The van der Waals surface area contributed by atoms with E-state index in [1.165, 1.54) is 36.1 Å². The lowest BCUT2D eigenvalue weighted by atomic mass is 10.0. The van der Waals surface area contributed by atoms with E-state index in [1.54, 1.807) is 0 Å². The number of carboxylic acid groups (broad SMARTS) is 2. The summed E-state index contributed by atoms with van der Waals surface area (Å²) in [6.45, 7) is 1.55. The first-order valence-electron chi connectivity index (χ1n) is 10.7. The molecule has 1 heterocycles. The van der Waals surface area contributed by atoms with E-state index < -0.39 is 47.9 Å². The maximum absolute atomic E-state index is 13.1. The normalized spacial score (nSPS) is 19.6. The van der Waals surface area contributed by atoms with Crippen LogP contribution in [0.3, 0.4) is 0 Å². The summed E-state index contributed by atoms with van der Waals surface area (Å²) < 4.78 is 18.8. The highest BCUT2D eigenvalue weighted by molar-refractivity contribution is 5.88. The molecule has 0 aliphatic carbocycles. The maximum Gasteiger partial charge on any atom is 0.326 e. The summed E-state index contributed by atoms with van der Waals surface area (Å²) in [6.07, 6.45) is 0.277. The van der Waals surface area contributed by atoms with Crippen molar-refractivity contribution < 1.29 is 33.7 Å². The molecule has 2 aromatic rings. The highest BCUT2D eigenvalue weighted by Gasteiger charge is 2.42. The minimum atomic E-state index is -1.17. The Balaban J connectivity index is 1.62. The number of carbonyl (C=O) groups excluding carboxylic acids is 1. The number of halogens is 1. The van der Waals surface area contributed by atoms with E-state index in [-0.39, 0.29) is 19.4 Å². The number of hydrogen-bond donors (Lipinski definition) is 3. The Labute approximate surface area is 191 Å². The van der Waals surface area contributed by atoms with Crippen LogP contribution in [0.5, 0.6) is 5.75 Å². The number of aliphatic carboxylic acids is 2. The fourth-order valence-electron chi connectivity index (χ4n) is 3.92. The average molecular weight is 458 g/mol. The van der Waals surface area contributed by atoms with Crippen molar-refractivity contribution in [3.8, 4) is 5.75 Å². The molecule has 1 saturated heterocycles. The van der Waals surface area contributed by atoms with Crippen LogP contribution in [0.1, 0.15) is 25.3 Å². The zero-order chi connectivity index (χ0) is 24.0. The van der Waals surface area contributed by atoms with E-state index in [1.807, 2.05) is 30.3 Å². The first kappa shape index (κ1) is 24.2. The molecule has 4 atom stereocenters. The maximum atomic E-state index is 13.1. The molecule has 0 aromatic heterocycles. The van der Waals surface area contributed by atoms with Crippen LogP contribution in [0.25, 0.3) is 0 Å². The molecule has 0 bridgehead atoms. The highest BCUT2D eigenvalue weighted by Crippen LogP contribution is 2.24. The minimum Gasteiger partial charge on any atom is -0.488 e. The van der Waals surface area contributed by atoms with Crippen molar-refractivity contribution in [1.29, 1.82) is 0 Å². The Kier molecular flexibility index (Phi) is 8.00. The van der Waals surface area contributed by atoms with Crippen molar-refractivity contribution in [2.45, 2.75) is 50.4 Å². The number of hydrogen-bond acceptors (Lipinski definition) is 5. The molecule has 3 N–H and O–H groups in total. The third-order valence-electron chi connectivity index (χ3n) is 5.63. The molecule has 2 aromatic carbocycles. The van der Waals surface area contributed by atoms with Crippen LogP contribution in [-0.2, 0) is 20.8 Å². The van der Waals surface area contributed by atoms with Crippen LogP contribution in [-0.4, -0.2) is 63.7 Å². The largest absolute Gasteiger partial charge is 0.488 e. The first-order valence-corrected chi connectivity index (χ1v) is 10.7. The van der Waals surface area contributed by atoms with Crippen molar-refractivity contribution in [2.24, 2.45) is 0 Å². The van der Waals surface area contributed by atoms with Crippen molar-refractivity contribution in [1.82, 2.24) is 10.2 Å². The minimum absolute atomic E-state index is 0.0287. The van der Waals surface area contributed by atoms with E-state index in [4.69, 9.17) is 4.74 Å². The monoisotopic (exact) mass is 458 g/mol. The molecule has 3 rings (SSSR count). The van der Waals surface area contributed by atoms with Gasteiger partial charge >= 0.3 is 11.9 Å². The van der Waals surface area contributed by atoms with Gasteiger partial charge in [-0.05, 0) is 49.6 Å². The molecular formula is C24H27FN2O6. The van der Waals surface area contributed by atoms with Gasteiger partial charge in [0.15, 0.2) is 0 Å². The van der Waals surface area contributed by atoms with Gasteiger partial charge in [0.1, 0.15) is 29.8 Å². The van der Waals surface area contributed by atoms with Crippen molar-refractivity contribution in [3.05, 3.63) is 66.0 Å². The third kappa shape index (κ3) is 6.52. The summed E-state index contributed by atoms with van der Waals surface area (Å²) in [6, 6.07) is 11.8. The van der Waals surface area contributed by atoms with Gasteiger partial charge in [0.25, 0.3) is 0 Å². The summed E-state index contributed by atoms with van der Waals surface area (Å²) in [5.41, 5.74) is 0.982. The zero-order valence-electron chi connectivity index (χ0n) is 18.2. The molecule has 0 radical (unpaired) electrons. The number of carboxylic acids is 2. The van der Waals surface area contributed by atoms with Gasteiger partial charge in [-0.3, -0.25) is 14.9 Å². The Bertz CT molecular complexity index is 969. The summed E-state index contributed by atoms with van der Waals surface area (Å²) in [5.74, 6) is -2.82. The van der Waals surface area contributed by atoms with Crippen LogP contribution >= 0.6 is 0 Å². The quantitative estimate of drug-likeness (QED) is 0.500. The standard InChI is InChI=1S/C24H27FN2O6/c1-15(26-20(23(29)30)12-7-16-5-3-2-4-6-16)22(28)27-14-19(13-21(27)24(31)32)33-18-10-8-17(25)9-11-18/h2-6,8-11,15,19-21,26H,7,12-14H2,1H3,(H,29,30)(H,31,32)/t15-,19-,20?,21-/m0/s1. The van der Waals surface area contributed by atoms with E-state index in [0.717, 1.165) is 5.56 Å². The average Bonchev–Trinajstić information content (AvgIpc) is 3.22. The van der Waals surface area contributed by atoms with Gasteiger partial charge in [-0.1, -0.05) is 30.3 Å². The van der Waals surface area contributed by atoms with Crippen molar-refractivity contribution in [3.63, 3.8) is 0 Å². The molecule has 176 valence electrons. The fraction of sp³-hybridized carbons (Fsp3) is 0.375. The molecular weight excluding hydrogens is 431 g/mol. The van der Waals surface area contributed by atoms with E-state index in [9.17, 15) is 29.0 Å². The zero-order valence-corrected chi connectivity index (χ0v) is 18.2. The molecule has 1 unspecified atom stereocenters. The summed E-state index contributed by atoms with van der Waals surface area (Å²) >= 11 is 0. The van der Waals surface area contributed by atoms with Crippen LogP contribution in [0.2, 0.25) is 0 Å². The van der Waals surface area contributed by atoms with Gasteiger partial charge in [-0.2, -0.15) is 0 Å². The number of nitrogens with zero attached hydrogens (tertiary/aromatic N) is 1. The summed E-state index contributed by atoms with van der Waals surface area (Å²) in [4.78, 5) is 37.7. The SMILES string of the molecule is C[C@H](NC(CCc1ccccc1)C(=O)O)C(=O)N1C[C@@H](Oc2ccc(F)cc2)C[C@H]1C(=O)O. The number of carbonyl (C=O) groups is 3. The van der Waals surface area contributed by atoms with Gasteiger partial charge in [-0.25, -0.2) is 9.18 Å². The molecule has 0 saturated carbocycles. The van der Waals surface area contributed by atoms with Crippen molar-refractivity contribution in [2.75, 3.05) is 6.54 Å². The van der Waals surface area contributed by atoms with Gasteiger partial charge in [0, 0.05) is 6.42 Å². The summed E-state index contributed by atoms with van der Waals surface area (Å²) in [5, 5.41) is 22.0. The van der Waals surface area contributed by atoms with E-state index >= 15 is 0 Å². The van der Waals surface area contributed by atoms with Crippen LogP contribution in [0, 0.1) is 5.82 Å². The molecule has 8 nitrogen and oxygen atoms in total. The number of likely N-dealkylation sites (tertiary alicyclic amines) is 1. The lowest BCUT2D eigenvalue weighted by Gasteiger charge is -2.27. The molecule has 1 fully saturated rings. The fourth-order valence-corrected chi connectivity index (χ4v) is 3.92. The lowest BCUT2D eigenvalue weighted by Crippen LogP contribution is -2.53. The molecule has 1 aliphatic rings. The van der Waals surface area contributed by atoms with Gasteiger partial charge in [0.2, 0.25) is 5.91 Å². The lowest BCUT2D eigenvalue weighted by molar-refractivity contribution is -0.149. The van der Waals surface area contributed by atoms with E-state index in [0.29, 0.717) is 12.2 Å². The van der Waals surface area contributed by atoms with Crippen LogP contribution in [0.4, 0.5) is 4.39 Å². The van der Waals surface area contributed by atoms with Crippen LogP contribution in [0.15, 0.2) is 54.6 Å². The Morgan fingerprint density at radius 1 is 1.12 bits per heavy atom. The number of aryl methyl sites for hydroxylation is 1. The molecule has 1 aliphatic heterocycles. The molecule has 9 heteroatoms. The van der Waals surface area contributed by atoms with Gasteiger partial charge in [-0.15, -0.1) is 0 Å². The highest BCUT2D eigenvalue weighted by atomic mass is 19.1. The van der Waals surface area contributed by atoms with Gasteiger partial charge in [0.05, 0.1) is 12.6 Å².